The highest BCUT2D eigenvalue weighted by molar-refractivity contribution is 5.96. The summed E-state index contributed by atoms with van der Waals surface area (Å²) in [6, 6.07) is -1.26. The van der Waals surface area contributed by atoms with E-state index in [1.807, 2.05) is 39.5 Å². The molecule has 0 bridgehead atoms. The van der Waals surface area contributed by atoms with Gasteiger partial charge < -0.3 is 15.4 Å². The van der Waals surface area contributed by atoms with Gasteiger partial charge in [-0.15, -0.1) is 0 Å². The Morgan fingerprint density at radius 2 is 1.88 bits per heavy atom. The van der Waals surface area contributed by atoms with Gasteiger partial charge in [0.2, 0.25) is 5.91 Å². The Bertz CT molecular complexity index is 516. The largest absolute Gasteiger partial charge is 0.444 e. The molecule has 0 aromatic heterocycles. The average molecular weight is 370 g/mol. The first-order chi connectivity index (χ1) is 11.9. The van der Waals surface area contributed by atoms with Crippen LogP contribution in [0.15, 0.2) is 0 Å². The van der Waals surface area contributed by atoms with Crippen molar-refractivity contribution in [3.05, 3.63) is 0 Å². The maximum absolute atomic E-state index is 12.5. The zero-order valence-corrected chi connectivity index (χ0v) is 16.9. The van der Waals surface area contributed by atoms with Crippen LogP contribution in [0.3, 0.4) is 0 Å². The van der Waals surface area contributed by atoms with Crippen molar-refractivity contribution in [2.75, 3.05) is 19.6 Å². The van der Waals surface area contributed by atoms with Crippen LogP contribution in [0.4, 0.5) is 9.59 Å². The molecule has 1 aliphatic heterocycles. The van der Waals surface area contributed by atoms with Crippen molar-refractivity contribution >= 4 is 18.0 Å². The number of nitrogens with one attached hydrogen (secondary N) is 1. The molecule has 0 aliphatic carbocycles. The van der Waals surface area contributed by atoms with E-state index in [4.69, 9.17) is 10.5 Å². The zero-order chi connectivity index (χ0) is 20.1. The van der Waals surface area contributed by atoms with Crippen molar-refractivity contribution < 1.29 is 19.1 Å². The van der Waals surface area contributed by atoms with Crippen molar-refractivity contribution in [1.29, 1.82) is 0 Å². The third-order valence-corrected chi connectivity index (χ3v) is 4.43. The summed E-state index contributed by atoms with van der Waals surface area (Å²) in [5, 5.41) is 2.13. The molecule has 1 heterocycles. The lowest BCUT2D eigenvalue weighted by atomic mass is 9.95. The molecule has 4 amide bonds. The molecule has 150 valence electrons. The number of rotatable bonds is 5. The van der Waals surface area contributed by atoms with Gasteiger partial charge in [-0.3, -0.25) is 15.0 Å². The summed E-state index contributed by atoms with van der Waals surface area (Å²) in [5.74, 6) is -0.159. The topological polar surface area (TPSA) is 105 Å². The van der Waals surface area contributed by atoms with Crippen LogP contribution in [-0.4, -0.2) is 65.2 Å². The van der Waals surface area contributed by atoms with Gasteiger partial charge in [0.05, 0.1) is 6.04 Å². The SMILES string of the molecule is CC(C(=O)NC(N)=O)N1CCCC(CN(C(=O)OC(C)(C)C)C(C)C)C1. The fourth-order valence-electron chi connectivity index (χ4n) is 3.08. The number of hydrogen-bond donors (Lipinski definition) is 2. The number of urea groups is 1. The highest BCUT2D eigenvalue weighted by Gasteiger charge is 2.31. The van der Waals surface area contributed by atoms with Gasteiger partial charge in [0.15, 0.2) is 0 Å². The van der Waals surface area contributed by atoms with Crippen LogP contribution in [0.1, 0.15) is 54.4 Å². The molecule has 8 nitrogen and oxygen atoms in total. The predicted molar refractivity (Wildman–Crippen MR) is 99.6 cm³/mol. The van der Waals surface area contributed by atoms with Crippen molar-refractivity contribution in [2.45, 2.75) is 72.1 Å². The van der Waals surface area contributed by atoms with Gasteiger partial charge in [-0.1, -0.05) is 0 Å². The number of carbonyl (C=O) groups is 3. The van der Waals surface area contributed by atoms with E-state index in [1.54, 1.807) is 11.8 Å². The third kappa shape index (κ3) is 7.19. The van der Waals surface area contributed by atoms with Crippen LogP contribution in [0.5, 0.6) is 0 Å². The van der Waals surface area contributed by atoms with Gasteiger partial charge in [-0.25, -0.2) is 9.59 Å². The number of primary amides is 1. The molecule has 3 N–H and O–H groups in total. The van der Waals surface area contributed by atoms with E-state index >= 15 is 0 Å². The highest BCUT2D eigenvalue weighted by Crippen LogP contribution is 2.22. The Labute approximate surface area is 156 Å². The summed E-state index contributed by atoms with van der Waals surface area (Å²) in [6.45, 7) is 13.3. The molecule has 2 atom stereocenters. The Morgan fingerprint density at radius 1 is 1.27 bits per heavy atom. The molecule has 1 fully saturated rings. The summed E-state index contributed by atoms with van der Waals surface area (Å²) in [4.78, 5) is 39.2. The van der Waals surface area contributed by atoms with Crippen LogP contribution in [0.2, 0.25) is 0 Å². The first-order valence-corrected chi connectivity index (χ1v) is 9.24. The van der Waals surface area contributed by atoms with Gasteiger partial charge in [0, 0.05) is 19.1 Å². The molecule has 0 aromatic carbocycles. The van der Waals surface area contributed by atoms with Gasteiger partial charge in [-0.2, -0.15) is 0 Å². The Hall–Kier alpha value is -1.83. The quantitative estimate of drug-likeness (QED) is 0.769. The molecule has 1 rings (SSSR count). The number of hydrogen-bond acceptors (Lipinski definition) is 5. The summed E-state index contributed by atoms with van der Waals surface area (Å²) in [6.07, 6.45) is 1.59. The second-order valence-corrected chi connectivity index (χ2v) is 8.26. The van der Waals surface area contributed by atoms with Crippen molar-refractivity contribution in [1.82, 2.24) is 15.1 Å². The average Bonchev–Trinajstić information content (AvgIpc) is 2.49. The van der Waals surface area contributed by atoms with E-state index in [0.717, 1.165) is 19.4 Å². The zero-order valence-electron chi connectivity index (χ0n) is 16.9. The van der Waals surface area contributed by atoms with Crippen LogP contribution in [0.25, 0.3) is 0 Å². The number of ether oxygens (including phenoxy) is 1. The predicted octanol–water partition coefficient (Wildman–Crippen LogP) is 1.93. The fraction of sp³-hybridized carbons (Fsp3) is 0.833. The van der Waals surface area contributed by atoms with Crippen molar-refractivity contribution in [3.63, 3.8) is 0 Å². The smallest absolute Gasteiger partial charge is 0.410 e. The molecule has 0 aromatic rings. The molecule has 8 heteroatoms. The van der Waals surface area contributed by atoms with Crippen LogP contribution in [0, 0.1) is 5.92 Å². The standard InChI is InChI=1S/C18H34N4O4/c1-12(2)22(17(25)26-18(4,5)6)11-14-8-7-9-21(10-14)13(3)15(23)20-16(19)24/h12-14H,7-11H2,1-6H3,(H3,19,20,23,24). The minimum Gasteiger partial charge on any atom is -0.444 e. The number of carbonyl (C=O) groups excluding carboxylic acids is 3. The van der Waals surface area contributed by atoms with E-state index in [-0.39, 0.29) is 18.1 Å². The molecule has 0 saturated carbocycles. The highest BCUT2D eigenvalue weighted by atomic mass is 16.6. The van der Waals surface area contributed by atoms with Gasteiger partial charge >= 0.3 is 12.1 Å². The van der Waals surface area contributed by atoms with E-state index in [0.29, 0.717) is 13.1 Å². The second-order valence-electron chi connectivity index (χ2n) is 8.26. The lowest BCUT2D eigenvalue weighted by Crippen LogP contribution is -2.53. The maximum Gasteiger partial charge on any atom is 0.410 e. The molecule has 1 saturated heterocycles. The molecular formula is C18H34N4O4. The number of nitrogens with two attached hydrogens (primary N) is 1. The lowest BCUT2D eigenvalue weighted by molar-refractivity contribution is -0.125. The summed E-state index contributed by atoms with van der Waals surface area (Å²) >= 11 is 0. The Balaban J connectivity index is 2.71. The molecule has 0 spiro atoms. The second kappa shape index (κ2) is 9.21. The first kappa shape index (κ1) is 22.2. The summed E-state index contributed by atoms with van der Waals surface area (Å²) in [7, 11) is 0. The van der Waals surface area contributed by atoms with Gasteiger partial charge in [0.25, 0.3) is 0 Å². The maximum atomic E-state index is 12.5. The van der Waals surface area contributed by atoms with E-state index in [9.17, 15) is 14.4 Å². The minimum atomic E-state index is -0.841. The Morgan fingerprint density at radius 3 is 2.38 bits per heavy atom. The normalized spacial score (nSPS) is 19.7. The lowest BCUT2D eigenvalue weighted by Gasteiger charge is -2.39. The summed E-state index contributed by atoms with van der Waals surface area (Å²) < 4.78 is 5.52. The van der Waals surface area contributed by atoms with Crippen molar-refractivity contribution in [3.8, 4) is 0 Å². The van der Waals surface area contributed by atoms with Crippen LogP contribution in [-0.2, 0) is 9.53 Å². The number of piperidine rings is 1. The van der Waals surface area contributed by atoms with Gasteiger partial charge in [0.1, 0.15) is 5.60 Å². The number of nitrogens with zero attached hydrogens (tertiary/aromatic N) is 2. The number of amides is 4. The molecule has 1 aliphatic rings. The molecule has 0 radical (unpaired) electrons. The van der Waals surface area contributed by atoms with Crippen LogP contribution < -0.4 is 11.1 Å². The molecular weight excluding hydrogens is 336 g/mol. The number of imide groups is 1. The van der Waals surface area contributed by atoms with Crippen LogP contribution >= 0.6 is 0 Å². The fourth-order valence-corrected chi connectivity index (χ4v) is 3.08. The number of likely N-dealkylation sites (tertiary alicyclic amines) is 1. The van der Waals surface area contributed by atoms with E-state index in [2.05, 4.69) is 5.32 Å². The molecule has 26 heavy (non-hydrogen) atoms. The molecule has 2 unspecified atom stereocenters. The van der Waals surface area contributed by atoms with E-state index < -0.39 is 23.6 Å². The minimum absolute atomic E-state index is 0.0239. The summed E-state index contributed by atoms with van der Waals surface area (Å²) in [5.41, 5.74) is 4.49. The first-order valence-electron chi connectivity index (χ1n) is 9.24. The van der Waals surface area contributed by atoms with Gasteiger partial charge in [-0.05, 0) is 66.8 Å². The third-order valence-electron chi connectivity index (χ3n) is 4.43. The monoisotopic (exact) mass is 370 g/mol. The Kier molecular flexibility index (Phi) is 7.87. The van der Waals surface area contributed by atoms with Crippen molar-refractivity contribution in [2.24, 2.45) is 11.7 Å². The van der Waals surface area contributed by atoms with E-state index in [1.165, 1.54) is 0 Å².